The smallest absolute Gasteiger partial charge is 0.0951 e. The van der Waals surface area contributed by atoms with Crippen molar-refractivity contribution in [3.63, 3.8) is 0 Å². The van der Waals surface area contributed by atoms with Crippen molar-refractivity contribution < 1.29 is 0 Å². The molecule has 0 saturated heterocycles. The summed E-state index contributed by atoms with van der Waals surface area (Å²) >= 11 is 0. The Bertz CT molecular complexity index is 725. The molecule has 0 aliphatic rings. The second-order valence-electron chi connectivity index (χ2n) is 5.48. The minimum absolute atomic E-state index is 0.434. The Morgan fingerprint density at radius 3 is 2.86 bits per heavy atom. The number of hydrogen-bond donors (Lipinski definition) is 1. The van der Waals surface area contributed by atoms with Gasteiger partial charge in [0.2, 0.25) is 0 Å². The average molecular weight is 280 g/mol. The van der Waals surface area contributed by atoms with Crippen LogP contribution < -0.4 is 5.32 Å². The second-order valence-corrected chi connectivity index (χ2v) is 5.48. The van der Waals surface area contributed by atoms with Gasteiger partial charge in [0.05, 0.1) is 17.5 Å². The summed E-state index contributed by atoms with van der Waals surface area (Å²) in [6.45, 7) is 5.94. The van der Waals surface area contributed by atoms with Gasteiger partial charge in [0.1, 0.15) is 0 Å². The third-order valence-corrected chi connectivity index (χ3v) is 3.64. The molecule has 4 heteroatoms. The lowest BCUT2D eigenvalue weighted by Crippen LogP contribution is -2.16. The SMILES string of the molecule is CC(C)n1cncc1CNCc1cccc2cccnc12. The van der Waals surface area contributed by atoms with Gasteiger partial charge in [-0.15, -0.1) is 0 Å². The molecule has 0 aliphatic carbocycles. The van der Waals surface area contributed by atoms with Crippen LogP contribution in [0.15, 0.2) is 49.1 Å². The topological polar surface area (TPSA) is 42.7 Å². The maximum atomic E-state index is 4.49. The van der Waals surface area contributed by atoms with E-state index >= 15 is 0 Å². The fraction of sp³-hybridized carbons (Fsp3) is 0.294. The normalized spacial score (nSPS) is 11.4. The number of nitrogens with zero attached hydrogens (tertiary/aromatic N) is 3. The molecule has 3 aromatic rings. The van der Waals surface area contributed by atoms with Crippen LogP contribution in [-0.2, 0) is 13.1 Å². The first-order chi connectivity index (χ1) is 10.3. The number of rotatable bonds is 5. The molecule has 0 radical (unpaired) electrons. The van der Waals surface area contributed by atoms with Crippen LogP contribution in [0.3, 0.4) is 0 Å². The summed E-state index contributed by atoms with van der Waals surface area (Å²) in [4.78, 5) is 8.71. The summed E-state index contributed by atoms with van der Waals surface area (Å²) in [7, 11) is 0. The Morgan fingerprint density at radius 2 is 2.00 bits per heavy atom. The number of pyridine rings is 1. The minimum Gasteiger partial charge on any atom is -0.331 e. The van der Waals surface area contributed by atoms with Gasteiger partial charge in [0.25, 0.3) is 0 Å². The lowest BCUT2D eigenvalue weighted by Gasteiger charge is -2.12. The van der Waals surface area contributed by atoms with Crippen molar-refractivity contribution in [2.75, 3.05) is 0 Å². The third-order valence-electron chi connectivity index (χ3n) is 3.64. The van der Waals surface area contributed by atoms with Gasteiger partial charge in [-0.1, -0.05) is 24.3 Å². The summed E-state index contributed by atoms with van der Waals surface area (Å²) in [6, 6.07) is 10.8. The maximum Gasteiger partial charge on any atom is 0.0951 e. The minimum atomic E-state index is 0.434. The van der Waals surface area contributed by atoms with Crippen molar-refractivity contribution in [3.8, 4) is 0 Å². The number of para-hydroxylation sites is 1. The van der Waals surface area contributed by atoms with E-state index in [1.807, 2.05) is 24.8 Å². The summed E-state index contributed by atoms with van der Waals surface area (Å²) in [6.07, 6.45) is 5.66. The summed E-state index contributed by atoms with van der Waals surface area (Å²) < 4.78 is 2.19. The van der Waals surface area contributed by atoms with Crippen LogP contribution in [0.1, 0.15) is 31.1 Å². The van der Waals surface area contributed by atoms with Crippen LogP contribution in [-0.4, -0.2) is 14.5 Å². The molecular weight excluding hydrogens is 260 g/mol. The highest BCUT2D eigenvalue weighted by Crippen LogP contribution is 2.16. The molecule has 2 aromatic heterocycles. The molecular formula is C17H20N4. The monoisotopic (exact) mass is 280 g/mol. The van der Waals surface area contributed by atoms with Gasteiger partial charge in [-0.25, -0.2) is 4.98 Å². The number of fused-ring (bicyclic) bond motifs is 1. The number of imidazole rings is 1. The van der Waals surface area contributed by atoms with Crippen LogP contribution in [0.2, 0.25) is 0 Å². The highest BCUT2D eigenvalue weighted by molar-refractivity contribution is 5.81. The number of aromatic nitrogens is 3. The third kappa shape index (κ3) is 2.95. The maximum absolute atomic E-state index is 4.49. The fourth-order valence-electron chi connectivity index (χ4n) is 2.57. The van der Waals surface area contributed by atoms with E-state index in [4.69, 9.17) is 0 Å². The summed E-state index contributed by atoms with van der Waals surface area (Å²) in [5.74, 6) is 0. The van der Waals surface area contributed by atoms with E-state index in [1.165, 1.54) is 16.6 Å². The Kier molecular flexibility index (Phi) is 3.97. The highest BCUT2D eigenvalue weighted by atomic mass is 15.1. The molecule has 0 fully saturated rings. The van der Waals surface area contributed by atoms with Crippen LogP contribution in [0.5, 0.6) is 0 Å². The molecule has 0 unspecified atom stereocenters. The molecule has 4 nitrogen and oxygen atoms in total. The van der Waals surface area contributed by atoms with Crippen molar-refractivity contribution >= 4 is 10.9 Å². The summed E-state index contributed by atoms with van der Waals surface area (Å²) in [5.41, 5.74) is 3.51. The predicted octanol–water partition coefficient (Wildman–Crippen LogP) is 3.30. The molecule has 108 valence electrons. The van der Waals surface area contributed by atoms with Gasteiger partial charge in [0.15, 0.2) is 0 Å². The quantitative estimate of drug-likeness (QED) is 0.779. The fourth-order valence-corrected chi connectivity index (χ4v) is 2.57. The van der Waals surface area contributed by atoms with Gasteiger partial charge in [0, 0.05) is 36.9 Å². The van der Waals surface area contributed by atoms with E-state index in [2.05, 4.69) is 58.0 Å². The van der Waals surface area contributed by atoms with E-state index in [1.54, 1.807) is 0 Å². The van der Waals surface area contributed by atoms with Crippen molar-refractivity contribution in [1.82, 2.24) is 19.9 Å². The second kappa shape index (κ2) is 6.06. The molecule has 2 heterocycles. The van der Waals surface area contributed by atoms with Crippen LogP contribution in [0.4, 0.5) is 0 Å². The highest BCUT2D eigenvalue weighted by Gasteiger charge is 2.06. The van der Waals surface area contributed by atoms with Gasteiger partial charge >= 0.3 is 0 Å². The standard InChI is InChI=1S/C17H20N4/c1-13(2)21-12-19-11-16(21)10-18-9-15-6-3-5-14-7-4-8-20-17(14)15/h3-8,11-13,18H,9-10H2,1-2H3. The first-order valence-electron chi connectivity index (χ1n) is 7.30. The molecule has 0 atom stereocenters. The zero-order chi connectivity index (χ0) is 14.7. The Labute approximate surface area is 124 Å². The van der Waals surface area contributed by atoms with Gasteiger partial charge in [-0.05, 0) is 25.5 Å². The molecule has 1 aromatic carbocycles. The van der Waals surface area contributed by atoms with Crippen molar-refractivity contribution in [2.45, 2.75) is 33.0 Å². The Hall–Kier alpha value is -2.20. The summed E-state index contributed by atoms with van der Waals surface area (Å²) in [5, 5.41) is 4.67. The van der Waals surface area contributed by atoms with Gasteiger partial charge in [-0.2, -0.15) is 0 Å². The van der Waals surface area contributed by atoms with Crippen LogP contribution >= 0.6 is 0 Å². The molecule has 21 heavy (non-hydrogen) atoms. The first kappa shape index (κ1) is 13.8. The Morgan fingerprint density at radius 1 is 1.14 bits per heavy atom. The molecule has 0 amide bonds. The lowest BCUT2D eigenvalue weighted by atomic mass is 10.1. The van der Waals surface area contributed by atoms with Crippen LogP contribution in [0.25, 0.3) is 10.9 Å². The number of nitrogens with one attached hydrogen (secondary N) is 1. The van der Waals surface area contributed by atoms with Crippen LogP contribution in [0, 0.1) is 0 Å². The molecule has 0 saturated carbocycles. The molecule has 0 bridgehead atoms. The molecule has 1 N–H and O–H groups in total. The number of benzene rings is 1. The molecule has 0 aliphatic heterocycles. The van der Waals surface area contributed by atoms with Crippen molar-refractivity contribution in [2.24, 2.45) is 0 Å². The number of hydrogen-bond acceptors (Lipinski definition) is 3. The van der Waals surface area contributed by atoms with E-state index in [-0.39, 0.29) is 0 Å². The van der Waals surface area contributed by atoms with E-state index in [0.29, 0.717) is 6.04 Å². The predicted molar refractivity (Wildman–Crippen MR) is 84.9 cm³/mol. The van der Waals surface area contributed by atoms with Crippen molar-refractivity contribution in [1.29, 1.82) is 0 Å². The van der Waals surface area contributed by atoms with Gasteiger partial charge in [-0.3, -0.25) is 4.98 Å². The van der Waals surface area contributed by atoms with E-state index < -0.39 is 0 Å². The van der Waals surface area contributed by atoms with E-state index in [0.717, 1.165) is 18.6 Å². The largest absolute Gasteiger partial charge is 0.331 e. The van der Waals surface area contributed by atoms with E-state index in [9.17, 15) is 0 Å². The zero-order valence-electron chi connectivity index (χ0n) is 12.5. The Balaban J connectivity index is 1.71. The molecule has 3 rings (SSSR count). The zero-order valence-corrected chi connectivity index (χ0v) is 12.5. The van der Waals surface area contributed by atoms with Gasteiger partial charge < -0.3 is 9.88 Å². The first-order valence-corrected chi connectivity index (χ1v) is 7.30. The molecule has 0 spiro atoms. The van der Waals surface area contributed by atoms with Crippen molar-refractivity contribution in [3.05, 3.63) is 60.3 Å². The average Bonchev–Trinajstić information content (AvgIpc) is 2.96. The lowest BCUT2D eigenvalue weighted by molar-refractivity contribution is 0.551.